The predicted octanol–water partition coefficient (Wildman–Crippen LogP) is 4.43. The van der Waals surface area contributed by atoms with E-state index >= 15 is 0 Å². The number of ether oxygens (including phenoxy) is 1. The van der Waals surface area contributed by atoms with Crippen LogP contribution in [0.5, 0.6) is 0 Å². The Balaban J connectivity index is 1.47. The average molecular weight is 415 g/mol. The van der Waals surface area contributed by atoms with Crippen LogP contribution in [0.3, 0.4) is 0 Å². The molecular weight excluding hydrogens is 396 g/mol. The maximum Gasteiger partial charge on any atom is 0.269 e. The van der Waals surface area contributed by atoms with Crippen LogP contribution in [0, 0.1) is 10.1 Å². The molecule has 0 radical (unpaired) electrons. The van der Waals surface area contributed by atoms with E-state index in [-0.39, 0.29) is 17.8 Å². The molecule has 1 aromatic heterocycles. The lowest BCUT2D eigenvalue weighted by atomic mass is 10.1. The van der Waals surface area contributed by atoms with Crippen LogP contribution in [0.25, 0.3) is 11.5 Å². The fraction of sp³-hybridized carbons (Fsp3) is 0.300. The van der Waals surface area contributed by atoms with E-state index in [9.17, 15) is 10.1 Å². The third-order valence-electron chi connectivity index (χ3n) is 5.01. The quantitative estimate of drug-likeness (QED) is 0.450. The van der Waals surface area contributed by atoms with Gasteiger partial charge in [-0.25, -0.2) is 0 Å². The van der Waals surface area contributed by atoms with Crippen LogP contribution < -0.4 is 0 Å². The number of hydrogen-bond acceptors (Lipinski definition) is 7. The fourth-order valence-electron chi connectivity index (χ4n) is 3.30. The molecule has 1 aliphatic rings. The molecule has 0 spiro atoms. The summed E-state index contributed by atoms with van der Waals surface area (Å²) < 4.78 is 11.8. The largest absolute Gasteiger partial charge is 0.419 e. The molecule has 150 valence electrons. The van der Waals surface area contributed by atoms with Crippen molar-refractivity contribution in [2.24, 2.45) is 0 Å². The van der Waals surface area contributed by atoms with Crippen molar-refractivity contribution in [3.8, 4) is 11.5 Å². The molecule has 0 aliphatic carbocycles. The van der Waals surface area contributed by atoms with Gasteiger partial charge in [-0.1, -0.05) is 23.7 Å². The molecule has 3 aromatic rings. The van der Waals surface area contributed by atoms with Crippen molar-refractivity contribution in [2.45, 2.75) is 19.1 Å². The van der Waals surface area contributed by atoms with Gasteiger partial charge in [0.25, 0.3) is 5.69 Å². The summed E-state index contributed by atoms with van der Waals surface area (Å²) in [6, 6.07) is 13.6. The van der Waals surface area contributed by atoms with Gasteiger partial charge < -0.3 is 9.15 Å². The number of nitro groups is 1. The van der Waals surface area contributed by atoms with Crippen molar-refractivity contribution in [2.75, 3.05) is 19.7 Å². The summed E-state index contributed by atoms with van der Waals surface area (Å²) in [5.41, 5.74) is 1.73. The minimum absolute atomic E-state index is 0.0171. The highest BCUT2D eigenvalue weighted by atomic mass is 35.5. The molecule has 1 fully saturated rings. The van der Waals surface area contributed by atoms with Crippen molar-refractivity contribution in [3.05, 3.63) is 75.1 Å². The van der Waals surface area contributed by atoms with Crippen LogP contribution in [0.2, 0.25) is 5.02 Å². The zero-order chi connectivity index (χ0) is 20.4. The molecule has 9 heteroatoms. The highest BCUT2D eigenvalue weighted by Gasteiger charge is 2.29. The zero-order valence-corrected chi connectivity index (χ0v) is 16.5. The fourth-order valence-corrected chi connectivity index (χ4v) is 3.43. The maximum absolute atomic E-state index is 10.8. The van der Waals surface area contributed by atoms with Gasteiger partial charge in [0.1, 0.15) is 0 Å². The molecule has 0 amide bonds. The van der Waals surface area contributed by atoms with Crippen LogP contribution in [0.1, 0.15) is 30.5 Å². The number of halogens is 1. The second kappa shape index (κ2) is 8.28. The monoisotopic (exact) mass is 414 g/mol. The highest BCUT2D eigenvalue weighted by molar-refractivity contribution is 6.30. The topological polar surface area (TPSA) is 94.5 Å². The summed E-state index contributed by atoms with van der Waals surface area (Å²) in [5, 5.41) is 19.8. The van der Waals surface area contributed by atoms with Crippen molar-refractivity contribution in [1.82, 2.24) is 15.1 Å². The molecule has 2 atom stereocenters. The Bertz CT molecular complexity index is 990. The van der Waals surface area contributed by atoms with Crippen molar-refractivity contribution >= 4 is 17.3 Å². The predicted molar refractivity (Wildman–Crippen MR) is 107 cm³/mol. The normalized spacial score (nSPS) is 18.5. The van der Waals surface area contributed by atoms with E-state index in [2.05, 4.69) is 15.1 Å². The van der Waals surface area contributed by atoms with E-state index in [0.717, 1.165) is 12.1 Å². The number of non-ortho nitro benzene ring substituents is 1. The lowest BCUT2D eigenvalue weighted by Crippen LogP contribution is -2.40. The molecule has 2 heterocycles. The molecule has 29 heavy (non-hydrogen) atoms. The lowest BCUT2D eigenvalue weighted by Gasteiger charge is -2.35. The first kappa shape index (κ1) is 19.5. The standard InChI is InChI=1S/C20H19ClN4O4/c1-13(24-10-11-28-18(12-24)14-2-6-16(21)7-3-14)19-22-23-20(29-19)15-4-8-17(9-5-15)25(26)27/h2-9,13,18H,10-12H2,1H3/t13-,18-/m0/s1. The molecule has 2 aromatic carbocycles. The van der Waals surface area contributed by atoms with E-state index in [1.165, 1.54) is 12.1 Å². The van der Waals surface area contributed by atoms with Gasteiger partial charge in [-0.15, -0.1) is 10.2 Å². The third-order valence-corrected chi connectivity index (χ3v) is 5.26. The maximum atomic E-state index is 10.8. The Morgan fingerprint density at radius 3 is 2.59 bits per heavy atom. The average Bonchev–Trinajstić information content (AvgIpc) is 3.24. The number of hydrogen-bond donors (Lipinski definition) is 0. The molecule has 0 unspecified atom stereocenters. The van der Waals surface area contributed by atoms with Gasteiger partial charge in [0.2, 0.25) is 11.8 Å². The Labute approximate surface area is 172 Å². The number of nitrogens with zero attached hydrogens (tertiary/aromatic N) is 4. The van der Waals surface area contributed by atoms with Gasteiger partial charge in [-0.3, -0.25) is 15.0 Å². The Morgan fingerprint density at radius 2 is 1.90 bits per heavy atom. The van der Waals surface area contributed by atoms with E-state index in [1.807, 2.05) is 31.2 Å². The van der Waals surface area contributed by atoms with Crippen LogP contribution in [-0.2, 0) is 4.74 Å². The van der Waals surface area contributed by atoms with E-state index in [1.54, 1.807) is 12.1 Å². The Kier molecular flexibility index (Phi) is 5.57. The van der Waals surface area contributed by atoms with E-state index in [0.29, 0.717) is 35.5 Å². The minimum Gasteiger partial charge on any atom is -0.419 e. The summed E-state index contributed by atoms with van der Waals surface area (Å²) in [6.45, 7) is 4.05. The van der Waals surface area contributed by atoms with Gasteiger partial charge in [0.05, 0.1) is 23.7 Å². The first-order valence-electron chi connectivity index (χ1n) is 9.20. The second-order valence-electron chi connectivity index (χ2n) is 6.83. The van der Waals surface area contributed by atoms with E-state index < -0.39 is 4.92 Å². The zero-order valence-electron chi connectivity index (χ0n) is 15.7. The van der Waals surface area contributed by atoms with Gasteiger partial charge in [-0.2, -0.15) is 0 Å². The number of benzene rings is 2. The molecular formula is C20H19ClN4O4. The highest BCUT2D eigenvalue weighted by Crippen LogP contribution is 2.30. The molecule has 1 aliphatic heterocycles. The Hall–Kier alpha value is -2.81. The van der Waals surface area contributed by atoms with Gasteiger partial charge in [-0.05, 0) is 36.8 Å². The first-order chi connectivity index (χ1) is 14.0. The van der Waals surface area contributed by atoms with Gasteiger partial charge in [0, 0.05) is 35.8 Å². The molecule has 0 bridgehead atoms. The minimum atomic E-state index is -0.444. The van der Waals surface area contributed by atoms with Crippen LogP contribution in [0.4, 0.5) is 5.69 Å². The second-order valence-corrected chi connectivity index (χ2v) is 7.27. The molecule has 0 saturated carbocycles. The molecule has 4 rings (SSSR count). The summed E-state index contributed by atoms with van der Waals surface area (Å²) in [4.78, 5) is 12.6. The summed E-state index contributed by atoms with van der Waals surface area (Å²) in [6.07, 6.45) is -0.0551. The van der Waals surface area contributed by atoms with Crippen molar-refractivity contribution < 1.29 is 14.1 Å². The molecule has 0 N–H and O–H groups in total. The van der Waals surface area contributed by atoms with Crippen LogP contribution >= 0.6 is 11.6 Å². The molecule has 1 saturated heterocycles. The summed E-state index contributed by atoms with van der Waals surface area (Å²) in [7, 11) is 0. The molecule has 8 nitrogen and oxygen atoms in total. The summed E-state index contributed by atoms with van der Waals surface area (Å²) >= 11 is 5.97. The SMILES string of the molecule is C[C@@H](c1nnc(-c2ccc([N+](=O)[O-])cc2)o1)N1CCO[C@H](c2ccc(Cl)cc2)C1. The van der Waals surface area contributed by atoms with Crippen LogP contribution in [-0.4, -0.2) is 39.7 Å². The number of aromatic nitrogens is 2. The van der Waals surface area contributed by atoms with Gasteiger partial charge in [0.15, 0.2) is 0 Å². The number of rotatable bonds is 5. The third kappa shape index (κ3) is 4.29. The first-order valence-corrected chi connectivity index (χ1v) is 9.58. The van der Waals surface area contributed by atoms with Gasteiger partial charge >= 0.3 is 0 Å². The number of nitro benzene ring substituents is 1. The van der Waals surface area contributed by atoms with Crippen LogP contribution in [0.15, 0.2) is 52.9 Å². The van der Waals surface area contributed by atoms with Crippen molar-refractivity contribution in [3.63, 3.8) is 0 Å². The lowest BCUT2D eigenvalue weighted by molar-refractivity contribution is -0.384. The summed E-state index contributed by atoms with van der Waals surface area (Å²) in [5.74, 6) is 0.833. The van der Waals surface area contributed by atoms with E-state index in [4.69, 9.17) is 20.8 Å². The smallest absolute Gasteiger partial charge is 0.269 e. The van der Waals surface area contributed by atoms with Crippen molar-refractivity contribution in [1.29, 1.82) is 0 Å². The number of morpholine rings is 1. The Morgan fingerprint density at radius 1 is 1.17 bits per heavy atom.